The average molecular weight is 319 g/mol. The predicted molar refractivity (Wildman–Crippen MR) is 89.9 cm³/mol. The molecule has 3 nitrogen and oxygen atoms in total. The summed E-state index contributed by atoms with van der Waals surface area (Å²) in [5.74, 6) is 1.05. The molecule has 1 N–H and O–H groups in total. The number of aromatic nitrogens is 1. The molecule has 5 heteroatoms. The van der Waals surface area contributed by atoms with Gasteiger partial charge in [-0.05, 0) is 18.6 Å². The molecule has 0 radical (unpaired) electrons. The first-order valence-electron chi connectivity index (χ1n) is 6.52. The van der Waals surface area contributed by atoms with Crippen LogP contribution < -0.4 is 0 Å². The van der Waals surface area contributed by atoms with Crippen LogP contribution in [0.5, 0.6) is 0 Å². The topological polar surface area (TPSA) is 50.2 Å². The van der Waals surface area contributed by atoms with E-state index in [2.05, 4.69) is 23.7 Å². The first-order chi connectivity index (χ1) is 10.0. The summed E-state index contributed by atoms with van der Waals surface area (Å²) in [6, 6.07) is 8.25. The van der Waals surface area contributed by atoms with Gasteiger partial charge in [0.15, 0.2) is 0 Å². The van der Waals surface area contributed by atoms with Crippen molar-refractivity contribution in [3.63, 3.8) is 0 Å². The molecule has 0 bridgehead atoms. The summed E-state index contributed by atoms with van der Waals surface area (Å²) in [4.78, 5) is 15.1. The third-order valence-corrected chi connectivity index (χ3v) is 4.85. The van der Waals surface area contributed by atoms with Crippen LogP contribution in [0.1, 0.15) is 18.2 Å². The normalized spacial score (nSPS) is 10.5. The largest absolute Gasteiger partial charge is 0.481 e. The number of thiazole rings is 1. The van der Waals surface area contributed by atoms with E-state index in [1.165, 1.54) is 22.5 Å². The molecule has 1 heterocycles. The molecule has 0 saturated heterocycles. The van der Waals surface area contributed by atoms with E-state index in [-0.39, 0.29) is 6.42 Å². The van der Waals surface area contributed by atoms with E-state index in [1.54, 1.807) is 0 Å². The standard InChI is InChI=1S/C16H17NO2S2/c1-11(2)8-20-9-12-4-3-5-13(6-12)16-17-14(10-21-16)7-15(18)19/h3-6,10H,1,7-9H2,2H3,(H,18,19). The Labute approximate surface area is 132 Å². The van der Waals surface area contributed by atoms with Crippen LogP contribution in [-0.2, 0) is 17.0 Å². The van der Waals surface area contributed by atoms with Crippen molar-refractivity contribution in [3.05, 3.63) is 53.1 Å². The summed E-state index contributed by atoms with van der Waals surface area (Å²) in [5, 5.41) is 11.5. The van der Waals surface area contributed by atoms with Gasteiger partial charge in [-0.15, -0.1) is 11.3 Å². The molecule has 21 heavy (non-hydrogen) atoms. The molecular formula is C16H17NO2S2. The maximum atomic E-state index is 10.7. The van der Waals surface area contributed by atoms with Crippen LogP contribution in [0, 0.1) is 0 Å². The first kappa shape index (κ1) is 15.8. The van der Waals surface area contributed by atoms with Crippen molar-refractivity contribution < 1.29 is 9.90 Å². The minimum atomic E-state index is -0.850. The number of benzene rings is 1. The van der Waals surface area contributed by atoms with Crippen molar-refractivity contribution in [2.24, 2.45) is 0 Å². The molecule has 0 amide bonds. The summed E-state index contributed by atoms with van der Waals surface area (Å²) in [6.45, 7) is 5.93. The van der Waals surface area contributed by atoms with E-state index in [9.17, 15) is 4.79 Å². The fourth-order valence-corrected chi connectivity index (χ4v) is 3.50. The second-order valence-electron chi connectivity index (χ2n) is 4.86. The summed E-state index contributed by atoms with van der Waals surface area (Å²) in [6.07, 6.45) is -0.0232. The molecule has 110 valence electrons. The molecule has 1 aromatic heterocycles. The quantitative estimate of drug-likeness (QED) is 0.775. The van der Waals surface area contributed by atoms with Crippen LogP contribution in [0.2, 0.25) is 0 Å². The van der Waals surface area contributed by atoms with Gasteiger partial charge in [0.1, 0.15) is 5.01 Å². The Balaban J connectivity index is 2.07. The monoisotopic (exact) mass is 319 g/mol. The van der Waals surface area contributed by atoms with Crippen molar-refractivity contribution in [3.8, 4) is 10.6 Å². The molecule has 0 saturated carbocycles. The number of rotatable bonds is 7. The summed E-state index contributed by atoms with van der Waals surface area (Å²) < 4.78 is 0. The van der Waals surface area contributed by atoms with E-state index in [0.29, 0.717) is 5.69 Å². The Hall–Kier alpha value is -1.59. The van der Waals surface area contributed by atoms with Gasteiger partial charge in [-0.3, -0.25) is 4.79 Å². The highest BCUT2D eigenvalue weighted by Crippen LogP contribution is 2.26. The highest BCUT2D eigenvalue weighted by Gasteiger charge is 2.08. The van der Waals surface area contributed by atoms with E-state index in [0.717, 1.165) is 22.1 Å². The Kier molecular flexibility index (Phi) is 5.59. The van der Waals surface area contributed by atoms with Crippen LogP contribution in [0.3, 0.4) is 0 Å². The molecular weight excluding hydrogens is 302 g/mol. The van der Waals surface area contributed by atoms with E-state index in [4.69, 9.17) is 5.11 Å². The van der Waals surface area contributed by atoms with Crippen LogP contribution in [-0.4, -0.2) is 21.8 Å². The van der Waals surface area contributed by atoms with Crippen molar-refractivity contribution in [1.29, 1.82) is 0 Å². The highest BCUT2D eigenvalue weighted by atomic mass is 32.2. The van der Waals surface area contributed by atoms with Gasteiger partial charge in [0, 0.05) is 22.4 Å². The van der Waals surface area contributed by atoms with Crippen molar-refractivity contribution >= 4 is 29.1 Å². The Morgan fingerprint density at radius 3 is 3.00 bits per heavy atom. The molecule has 0 aliphatic carbocycles. The second-order valence-corrected chi connectivity index (χ2v) is 6.71. The van der Waals surface area contributed by atoms with Crippen LogP contribution in [0.15, 0.2) is 41.8 Å². The second kappa shape index (κ2) is 7.43. The van der Waals surface area contributed by atoms with Gasteiger partial charge in [-0.2, -0.15) is 11.8 Å². The Morgan fingerprint density at radius 2 is 2.29 bits per heavy atom. The number of hydrogen-bond acceptors (Lipinski definition) is 4. The van der Waals surface area contributed by atoms with E-state index in [1.807, 2.05) is 36.2 Å². The number of thioether (sulfide) groups is 1. The molecule has 0 fully saturated rings. The van der Waals surface area contributed by atoms with Crippen LogP contribution in [0.4, 0.5) is 0 Å². The highest BCUT2D eigenvalue weighted by molar-refractivity contribution is 7.98. The van der Waals surface area contributed by atoms with Crippen molar-refractivity contribution in [2.45, 2.75) is 19.1 Å². The maximum absolute atomic E-state index is 10.7. The molecule has 2 rings (SSSR count). The van der Waals surface area contributed by atoms with Crippen molar-refractivity contribution in [2.75, 3.05) is 5.75 Å². The maximum Gasteiger partial charge on any atom is 0.309 e. The summed E-state index contributed by atoms with van der Waals surface area (Å²) in [7, 11) is 0. The van der Waals surface area contributed by atoms with Gasteiger partial charge in [0.25, 0.3) is 0 Å². The summed E-state index contributed by atoms with van der Waals surface area (Å²) >= 11 is 3.32. The number of aliphatic carboxylic acids is 1. The summed E-state index contributed by atoms with van der Waals surface area (Å²) in [5.41, 5.74) is 4.08. The minimum Gasteiger partial charge on any atom is -0.481 e. The zero-order valence-corrected chi connectivity index (χ0v) is 13.5. The van der Waals surface area contributed by atoms with Crippen LogP contribution in [0.25, 0.3) is 10.6 Å². The number of carboxylic acids is 1. The van der Waals surface area contributed by atoms with Gasteiger partial charge >= 0.3 is 5.97 Å². The number of hydrogen-bond donors (Lipinski definition) is 1. The molecule has 0 aliphatic heterocycles. The minimum absolute atomic E-state index is 0.0232. The van der Waals surface area contributed by atoms with Crippen molar-refractivity contribution in [1.82, 2.24) is 4.98 Å². The molecule has 0 spiro atoms. The van der Waals surface area contributed by atoms with Gasteiger partial charge in [0.05, 0.1) is 12.1 Å². The lowest BCUT2D eigenvalue weighted by molar-refractivity contribution is -0.136. The van der Waals surface area contributed by atoms with E-state index < -0.39 is 5.97 Å². The first-order valence-corrected chi connectivity index (χ1v) is 8.55. The zero-order valence-electron chi connectivity index (χ0n) is 11.8. The lowest BCUT2D eigenvalue weighted by Crippen LogP contribution is -1.99. The smallest absolute Gasteiger partial charge is 0.309 e. The van der Waals surface area contributed by atoms with Crippen LogP contribution >= 0.6 is 23.1 Å². The lowest BCUT2D eigenvalue weighted by Gasteiger charge is -2.03. The Bertz CT molecular complexity index is 649. The Morgan fingerprint density at radius 1 is 1.48 bits per heavy atom. The zero-order chi connectivity index (χ0) is 15.2. The van der Waals surface area contributed by atoms with Gasteiger partial charge in [0.2, 0.25) is 0 Å². The average Bonchev–Trinajstić information content (AvgIpc) is 2.86. The van der Waals surface area contributed by atoms with Gasteiger partial charge < -0.3 is 5.11 Å². The third-order valence-electron chi connectivity index (χ3n) is 2.68. The molecule has 1 aromatic carbocycles. The number of carboxylic acid groups (broad SMARTS) is 1. The predicted octanol–water partition coefficient (Wildman–Crippen LogP) is 4.25. The third kappa shape index (κ3) is 5.02. The fourth-order valence-electron chi connectivity index (χ4n) is 1.81. The molecule has 0 unspecified atom stereocenters. The number of carbonyl (C=O) groups is 1. The number of nitrogens with zero attached hydrogens (tertiary/aromatic N) is 1. The molecule has 0 atom stereocenters. The van der Waals surface area contributed by atoms with Gasteiger partial charge in [-0.25, -0.2) is 4.98 Å². The SMILES string of the molecule is C=C(C)CSCc1cccc(-c2nc(CC(=O)O)cs2)c1. The van der Waals surface area contributed by atoms with Gasteiger partial charge in [-0.1, -0.05) is 30.4 Å². The fraction of sp³-hybridized carbons (Fsp3) is 0.250. The lowest BCUT2D eigenvalue weighted by atomic mass is 10.1. The molecule has 0 aliphatic rings. The molecule has 2 aromatic rings. The van der Waals surface area contributed by atoms with E-state index >= 15 is 0 Å².